The molecule has 1 fully saturated rings. The highest BCUT2D eigenvalue weighted by atomic mass is 19.1. The Labute approximate surface area is 62.8 Å². The lowest BCUT2D eigenvalue weighted by Gasteiger charge is -2.28. The Kier molecular flexibility index (Phi) is 2.70. The van der Waals surface area contributed by atoms with E-state index in [1.807, 2.05) is 0 Å². The van der Waals surface area contributed by atoms with Crippen LogP contribution in [-0.4, -0.2) is 6.17 Å². The molecule has 60 valence electrons. The molecule has 0 N–H and O–H groups in total. The van der Waals surface area contributed by atoms with E-state index < -0.39 is 6.17 Å². The molecule has 10 heavy (non-hydrogen) atoms. The summed E-state index contributed by atoms with van der Waals surface area (Å²) in [6.07, 6.45) is 3.66. The first kappa shape index (κ1) is 8.03. The van der Waals surface area contributed by atoms with Crippen LogP contribution in [0.4, 0.5) is 4.39 Å². The predicted octanol–water partition coefficient (Wildman–Crippen LogP) is 3.17. The van der Waals surface area contributed by atoms with Crippen LogP contribution in [0.25, 0.3) is 0 Å². The second-order valence-electron chi connectivity index (χ2n) is 3.60. The summed E-state index contributed by atoms with van der Waals surface area (Å²) in [4.78, 5) is 0. The summed E-state index contributed by atoms with van der Waals surface area (Å²) in [5, 5.41) is 0. The molecule has 0 aromatic carbocycles. The Morgan fingerprint density at radius 2 is 2.10 bits per heavy atom. The average molecular weight is 144 g/mol. The topological polar surface area (TPSA) is 0 Å². The zero-order chi connectivity index (χ0) is 7.56. The van der Waals surface area contributed by atoms with Crippen LogP contribution in [0, 0.1) is 11.8 Å². The molecule has 2 unspecified atom stereocenters. The highest BCUT2D eigenvalue weighted by molar-refractivity contribution is 4.76. The van der Waals surface area contributed by atoms with Gasteiger partial charge in [0.2, 0.25) is 0 Å². The van der Waals surface area contributed by atoms with Gasteiger partial charge in [0, 0.05) is 0 Å². The van der Waals surface area contributed by atoms with Crippen molar-refractivity contribution in [1.29, 1.82) is 0 Å². The van der Waals surface area contributed by atoms with Crippen molar-refractivity contribution >= 4 is 0 Å². The fourth-order valence-corrected chi connectivity index (χ4v) is 1.83. The molecule has 0 amide bonds. The normalized spacial score (nSPS) is 41.7. The lowest BCUT2D eigenvalue weighted by atomic mass is 9.80. The summed E-state index contributed by atoms with van der Waals surface area (Å²) >= 11 is 0. The van der Waals surface area contributed by atoms with Crippen LogP contribution < -0.4 is 0 Å². The maximum atomic E-state index is 13.1. The number of hydrogen-bond donors (Lipinski definition) is 0. The molecule has 0 aromatic heterocycles. The summed E-state index contributed by atoms with van der Waals surface area (Å²) in [6.45, 7) is 4.24. The first-order valence-corrected chi connectivity index (χ1v) is 4.38. The molecule has 0 aliphatic heterocycles. The van der Waals surface area contributed by atoms with Crippen LogP contribution in [0.3, 0.4) is 0 Å². The molecule has 1 aliphatic carbocycles. The SMILES string of the molecule is CCC1CC[C@@H](C)CC1F. The molecule has 1 aliphatic rings. The maximum Gasteiger partial charge on any atom is 0.103 e. The smallest absolute Gasteiger partial charge is 0.103 e. The van der Waals surface area contributed by atoms with Gasteiger partial charge in [-0.3, -0.25) is 0 Å². The molecule has 0 saturated heterocycles. The fourth-order valence-electron chi connectivity index (χ4n) is 1.83. The number of hydrogen-bond acceptors (Lipinski definition) is 0. The van der Waals surface area contributed by atoms with Gasteiger partial charge in [0.25, 0.3) is 0 Å². The Morgan fingerprint density at radius 1 is 1.40 bits per heavy atom. The molecule has 0 spiro atoms. The van der Waals surface area contributed by atoms with Gasteiger partial charge >= 0.3 is 0 Å². The summed E-state index contributed by atoms with van der Waals surface area (Å²) in [5.74, 6) is 0.994. The van der Waals surface area contributed by atoms with Crippen molar-refractivity contribution < 1.29 is 4.39 Å². The largest absolute Gasteiger partial charge is 0.247 e. The predicted molar refractivity (Wildman–Crippen MR) is 41.7 cm³/mol. The molecule has 3 atom stereocenters. The average Bonchev–Trinajstić information content (AvgIpc) is 1.88. The van der Waals surface area contributed by atoms with Crippen molar-refractivity contribution in [3.8, 4) is 0 Å². The first-order valence-electron chi connectivity index (χ1n) is 4.38. The Hall–Kier alpha value is -0.0700. The van der Waals surface area contributed by atoms with Gasteiger partial charge < -0.3 is 0 Å². The van der Waals surface area contributed by atoms with Crippen LogP contribution in [0.15, 0.2) is 0 Å². The summed E-state index contributed by atoms with van der Waals surface area (Å²) in [5.41, 5.74) is 0. The van der Waals surface area contributed by atoms with Gasteiger partial charge in [0.1, 0.15) is 6.17 Å². The zero-order valence-electron chi connectivity index (χ0n) is 6.94. The molecule has 0 bridgehead atoms. The standard InChI is InChI=1S/C9H17F/c1-3-8-5-4-7(2)6-9(8)10/h7-9H,3-6H2,1-2H3/t7-,8?,9?/m1/s1. The third-order valence-electron chi connectivity index (χ3n) is 2.69. The Morgan fingerprint density at radius 3 is 2.60 bits per heavy atom. The molecular weight excluding hydrogens is 127 g/mol. The first-order chi connectivity index (χ1) is 4.74. The number of halogens is 1. The molecular formula is C9H17F. The van der Waals surface area contributed by atoms with Crippen molar-refractivity contribution in [2.75, 3.05) is 0 Å². The fraction of sp³-hybridized carbons (Fsp3) is 1.00. The minimum Gasteiger partial charge on any atom is -0.247 e. The zero-order valence-corrected chi connectivity index (χ0v) is 6.94. The van der Waals surface area contributed by atoms with Crippen LogP contribution in [-0.2, 0) is 0 Å². The van der Waals surface area contributed by atoms with Crippen molar-refractivity contribution in [2.24, 2.45) is 11.8 Å². The van der Waals surface area contributed by atoms with E-state index in [-0.39, 0.29) is 0 Å². The van der Waals surface area contributed by atoms with E-state index in [2.05, 4.69) is 13.8 Å². The summed E-state index contributed by atoms with van der Waals surface area (Å²) in [6, 6.07) is 0. The van der Waals surface area contributed by atoms with E-state index in [1.165, 1.54) is 6.42 Å². The Bertz CT molecular complexity index is 101. The third kappa shape index (κ3) is 1.71. The van der Waals surface area contributed by atoms with Gasteiger partial charge in [0.15, 0.2) is 0 Å². The van der Waals surface area contributed by atoms with Crippen molar-refractivity contribution in [3.05, 3.63) is 0 Å². The van der Waals surface area contributed by atoms with Crippen LogP contribution in [0.5, 0.6) is 0 Å². The van der Waals surface area contributed by atoms with Crippen LogP contribution >= 0.6 is 0 Å². The van der Waals surface area contributed by atoms with Gasteiger partial charge in [-0.1, -0.05) is 26.7 Å². The highest BCUT2D eigenvalue weighted by Gasteiger charge is 2.26. The summed E-state index contributed by atoms with van der Waals surface area (Å²) in [7, 11) is 0. The molecule has 1 saturated carbocycles. The number of alkyl halides is 1. The Balaban J connectivity index is 2.36. The summed E-state index contributed by atoms with van der Waals surface area (Å²) < 4.78 is 13.1. The van der Waals surface area contributed by atoms with E-state index in [0.29, 0.717) is 11.8 Å². The molecule has 0 aromatic rings. The number of rotatable bonds is 1. The maximum absolute atomic E-state index is 13.1. The lowest BCUT2D eigenvalue weighted by molar-refractivity contribution is 0.130. The van der Waals surface area contributed by atoms with Gasteiger partial charge in [-0.2, -0.15) is 0 Å². The molecule has 0 nitrogen and oxygen atoms in total. The van der Waals surface area contributed by atoms with E-state index in [4.69, 9.17) is 0 Å². The van der Waals surface area contributed by atoms with Crippen molar-refractivity contribution in [2.45, 2.75) is 45.7 Å². The third-order valence-corrected chi connectivity index (χ3v) is 2.69. The van der Waals surface area contributed by atoms with Crippen LogP contribution in [0.1, 0.15) is 39.5 Å². The van der Waals surface area contributed by atoms with Crippen molar-refractivity contribution in [1.82, 2.24) is 0 Å². The van der Waals surface area contributed by atoms with Gasteiger partial charge in [0.05, 0.1) is 0 Å². The lowest BCUT2D eigenvalue weighted by Crippen LogP contribution is -2.24. The molecule has 1 rings (SSSR count). The van der Waals surface area contributed by atoms with E-state index >= 15 is 0 Å². The van der Waals surface area contributed by atoms with E-state index in [1.54, 1.807) is 0 Å². The molecule has 0 heterocycles. The quantitative estimate of drug-likeness (QED) is 0.530. The second-order valence-corrected chi connectivity index (χ2v) is 3.60. The highest BCUT2D eigenvalue weighted by Crippen LogP contribution is 2.32. The van der Waals surface area contributed by atoms with Gasteiger partial charge in [-0.25, -0.2) is 4.39 Å². The van der Waals surface area contributed by atoms with Crippen LogP contribution in [0.2, 0.25) is 0 Å². The van der Waals surface area contributed by atoms with Crippen molar-refractivity contribution in [3.63, 3.8) is 0 Å². The minimum absolute atomic E-state index is 0.371. The molecule has 0 radical (unpaired) electrons. The minimum atomic E-state index is -0.506. The second kappa shape index (κ2) is 3.36. The van der Waals surface area contributed by atoms with Gasteiger partial charge in [-0.15, -0.1) is 0 Å². The monoisotopic (exact) mass is 144 g/mol. The molecule has 1 heteroatoms. The van der Waals surface area contributed by atoms with E-state index in [0.717, 1.165) is 19.3 Å². The van der Waals surface area contributed by atoms with Gasteiger partial charge in [-0.05, 0) is 24.7 Å². The van der Waals surface area contributed by atoms with E-state index in [9.17, 15) is 4.39 Å².